The van der Waals surface area contributed by atoms with Crippen LogP contribution in [0, 0.1) is 0 Å². The molecule has 0 aliphatic carbocycles. The minimum absolute atomic E-state index is 0.0846. The van der Waals surface area contributed by atoms with Gasteiger partial charge < -0.3 is 5.32 Å². The molecule has 0 spiro atoms. The fraction of sp³-hybridized carbons (Fsp3) is 0.435. The molecule has 0 radical (unpaired) electrons. The summed E-state index contributed by atoms with van der Waals surface area (Å²) >= 11 is 0. The molecule has 0 unspecified atom stereocenters. The van der Waals surface area contributed by atoms with Crippen LogP contribution in [-0.2, 0) is 16.6 Å². The molecule has 0 atom stereocenters. The summed E-state index contributed by atoms with van der Waals surface area (Å²) in [7, 11) is -3.71. The molecule has 0 saturated carbocycles. The van der Waals surface area contributed by atoms with Crippen molar-refractivity contribution in [2.75, 3.05) is 19.6 Å². The molecule has 1 aliphatic rings. The molecule has 0 bridgehead atoms. The van der Waals surface area contributed by atoms with Crippen molar-refractivity contribution in [3.8, 4) is 0 Å². The van der Waals surface area contributed by atoms with E-state index in [-0.39, 0.29) is 22.9 Å². The van der Waals surface area contributed by atoms with Gasteiger partial charge in [0.25, 0.3) is 5.91 Å². The van der Waals surface area contributed by atoms with Gasteiger partial charge in [-0.05, 0) is 63.5 Å². The number of rotatable bonds is 8. The maximum atomic E-state index is 12.7. The molecule has 1 saturated heterocycles. The maximum Gasteiger partial charge on any atom is 0.251 e. The molecule has 1 heterocycles. The van der Waals surface area contributed by atoms with Gasteiger partial charge in [-0.1, -0.05) is 42.8 Å². The van der Waals surface area contributed by atoms with Crippen LogP contribution in [0.5, 0.6) is 0 Å². The lowest BCUT2D eigenvalue weighted by molar-refractivity contribution is 0.0797. The number of carbonyl (C=O) groups is 1. The number of sulfonamides is 1. The van der Waals surface area contributed by atoms with Gasteiger partial charge >= 0.3 is 0 Å². The molecule has 1 aliphatic heterocycles. The summed E-state index contributed by atoms with van der Waals surface area (Å²) in [5.41, 5.74) is 1.07. The Labute approximate surface area is 179 Å². The molecule has 3 rings (SSSR count). The Morgan fingerprint density at radius 3 is 2.40 bits per heavy atom. The molecule has 2 aromatic carbocycles. The van der Waals surface area contributed by atoms with Crippen LogP contribution in [0.15, 0.2) is 59.5 Å². The number of piperidine rings is 1. The first-order valence-corrected chi connectivity index (χ1v) is 11.9. The average molecular weight is 430 g/mol. The van der Waals surface area contributed by atoms with Crippen LogP contribution in [0.3, 0.4) is 0 Å². The zero-order valence-electron chi connectivity index (χ0n) is 17.7. The second kappa shape index (κ2) is 9.73. The van der Waals surface area contributed by atoms with Crippen LogP contribution in [0.1, 0.15) is 49.0 Å². The standard InChI is InChI=1S/C23H31N3O3S/c1-23(2,26-14-7-4-8-15-26)18-24-22(27)20-12-9-13-21(16-20)30(28,29)25-17-19-10-5-3-6-11-19/h3,5-6,9-13,16,25H,4,7-8,14-15,17-18H2,1-2H3,(H,24,27). The molecule has 30 heavy (non-hydrogen) atoms. The van der Waals surface area contributed by atoms with E-state index in [1.54, 1.807) is 12.1 Å². The Balaban J connectivity index is 1.63. The van der Waals surface area contributed by atoms with Gasteiger partial charge in [-0.2, -0.15) is 0 Å². The van der Waals surface area contributed by atoms with Gasteiger partial charge in [0.05, 0.1) is 4.90 Å². The SMILES string of the molecule is CC(C)(CNC(=O)c1cccc(S(=O)(=O)NCc2ccccc2)c1)N1CCCCC1. The van der Waals surface area contributed by atoms with E-state index < -0.39 is 10.0 Å². The van der Waals surface area contributed by atoms with E-state index in [1.807, 2.05) is 30.3 Å². The molecule has 0 aromatic heterocycles. The van der Waals surface area contributed by atoms with E-state index in [9.17, 15) is 13.2 Å². The summed E-state index contributed by atoms with van der Waals surface area (Å²) in [6, 6.07) is 15.5. The third-order valence-corrected chi connectivity index (χ3v) is 7.01. The average Bonchev–Trinajstić information content (AvgIpc) is 2.77. The molecule has 1 fully saturated rings. The van der Waals surface area contributed by atoms with Crippen molar-refractivity contribution in [1.82, 2.24) is 14.9 Å². The molecule has 162 valence electrons. The monoisotopic (exact) mass is 429 g/mol. The highest BCUT2D eigenvalue weighted by molar-refractivity contribution is 7.89. The third-order valence-electron chi connectivity index (χ3n) is 5.61. The van der Waals surface area contributed by atoms with Crippen molar-refractivity contribution in [1.29, 1.82) is 0 Å². The largest absolute Gasteiger partial charge is 0.350 e. The minimum atomic E-state index is -3.71. The summed E-state index contributed by atoms with van der Waals surface area (Å²) in [6.07, 6.45) is 3.64. The molecule has 1 amide bonds. The predicted molar refractivity (Wildman–Crippen MR) is 119 cm³/mol. The Kier molecular flexibility index (Phi) is 7.28. The quantitative estimate of drug-likeness (QED) is 0.676. The van der Waals surface area contributed by atoms with Crippen LogP contribution in [-0.4, -0.2) is 44.4 Å². The van der Waals surface area contributed by atoms with Crippen molar-refractivity contribution in [3.63, 3.8) is 0 Å². The van der Waals surface area contributed by atoms with Gasteiger partial charge in [0, 0.05) is 24.2 Å². The molecular formula is C23H31N3O3S. The number of likely N-dealkylation sites (tertiary alicyclic amines) is 1. The zero-order chi connectivity index (χ0) is 21.6. The number of nitrogens with zero attached hydrogens (tertiary/aromatic N) is 1. The second-order valence-electron chi connectivity index (χ2n) is 8.38. The Morgan fingerprint density at radius 2 is 1.70 bits per heavy atom. The number of hydrogen-bond donors (Lipinski definition) is 2. The van der Waals surface area contributed by atoms with E-state index in [0.717, 1.165) is 18.7 Å². The molecule has 7 heteroatoms. The highest BCUT2D eigenvalue weighted by Crippen LogP contribution is 2.20. The Morgan fingerprint density at radius 1 is 1.00 bits per heavy atom. The van der Waals surface area contributed by atoms with Crippen molar-refractivity contribution in [2.45, 2.75) is 50.1 Å². The summed E-state index contributed by atoms with van der Waals surface area (Å²) in [5, 5.41) is 2.98. The van der Waals surface area contributed by atoms with Gasteiger partial charge in [-0.25, -0.2) is 13.1 Å². The normalized spacial score (nSPS) is 15.7. The van der Waals surface area contributed by atoms with Crippen molar-refractivity contribution >= 4 is 15.9 Å². The third kappa shape index (κ3) is 5.90. The van der Waals surface area contributed by atoms with E-state index in [4.69, 9.17) is 0 Å². The van der Waals surface area contributed by atoms with Crippen LogP contribution >= 0.6 is 0 Å². The fourth-order valence-electron chi connectivity index (χ4n) is 3.67. The lowest BCUT2D eigenvalue weighted by Gasteiger charge is -2.41. The van der Waals surface area contributed by atoms with Gasteiger partial charge in [0.15, 0.2) is 0 Å². The first kappa shape index (κ1) is 22.5. The number of nitrogens with one attached hydrogen (secondary N) is 2. The van der Waals surface area contributed by atoms with Crippen LogP contribution in [0.2, 0.25) is 0 Å². The van der Waals surface area contributed by atoms with E-state index in [1.165, 1.54) is 31.4 Å². The first-order valence-electron chi connectivity index (χ1n) is 10.4. The number of amides is 1. The van der Waals surface area contributed by atoms with Crippen LogP contribution < -0.4 is 10.0 Å². The lowest BCUT2D eigenvalue weighted by atomic mass is 9.98. The molecule has 2 N–H and O–H groups in total. The van der Waals surface area contributed by atoms with Crippen LogP contribution in [0.25, 0.3) is 0 Å². The second-order valence-corrected chi connectivity index (χ2v) is 10.1. The summed E-state index contributed by atoms with van der Waals surface area (Å²) in [4.78, 5) is 15.2. The Hall–Kier alpha value is -2.22. The predicted octanol–water partition coefficient (Wildman–Crippen LogP) is 3.16. The van der Waals surface area contributed by atoms with E-state index in [2.05, 4.69) is 28.8 Å². The van der Waals surface area contributed by atoms with Gasteiger partial charge in [0.2, 0.25) is 10.0 Å². The molecule has 6 nitrogen and oxygen atoms in total. The summed E-state index contributed by atoms with van der Waals surface area (Å²) in [6.45, 7) is 7.06. The number of carbonyl (C=O) groups excluding carboxylic acids is 1. The smallest absolute Gasteiger partial charge is 0.251 e. The number of hydrogen-bond acceptors (Lipinski definition) is 4. The first-order chi connectivity index (χ1) is 14.3. The van der Waals surface area contributed by atoms with E-state index >= 15 is 0 Å². The summed E-state index contributed by atoms with van der Waals surface area (Å²) < 4.78 is 27.9. The van der Waals surface area contributed by atoms with E-state index in [0.29, 0.717) is 12.1 Å². The topological polar surface area (TPSA) is 78.5 Å². The van der Waals surface area contributed by atoms with Crippen LogP contribution in [0.4, 0.5) is 0 Å². The van der Waals surface area contributed by atoms with Crippen molar-refractivity contribution in [2.24, 2.45) is 0 Å². The molecule has 2 aromatic rings. The minimum Gasteiger partial charge on any atom is -0.350 e. The fourth-order valence-corrected chi connectivity index (χ4v) is 4.73. The van der Waals surface area contributed by atoms with Crippen molar-refractivity contribution in [3.05, 3.63) is 65.7 Å². The highest BCUT2D eigenvalue weighted by Gasteiger charge is 2.28. The maximum absolute atomic E-state index is 12.7. The lowest BCUT2D eigenvalue weighted by Crippen LogP contribution is -2.53. The zero-order valence-corrected chi connectivity index (χ0v) is 18.5. The Bertz CT molecular complexity index is 953. The van der Waals surface area contributed by atoms with Crippen molar-refractivity contribution < 1.29 is 13.2 Å². The molecular weight excluding hydrogens is 398 g/mol. The highest BCUT2D eigenvalue weighted by atomic mass is 32.2. The van der Waals surface area contributed by atoms with Gasteiger partial charge in [-0.3, -0.25) is 9.69 Å². The van der Waals surface area contributed by atoms with Gasteiger partial charge in [-0.15, -0.1) is 0 Å². The summed E-state index contributed by atoms with van der Waals surface area (Å²) in [5.74, 6) is -0.264. The number of benzene rings is 2. The van der Waals surface area contributed by atoms with Gasteiger partial charge in [0.1, 0.15) is 0 Å².